The van der Waals surface area contributed by atoms with Gasteiger partial charge in [0.05, 0.1) is 13.7 Å². The molecule has 0 saturated carbocycles. The second-order valence-electron chi connectivity index (χ2n) is 3.06. The molecule has 1 aliphatic rings. The second-order valence-corrected chi connectivity index (χ2v) is 4.01. The van der Waals surface area contributed by atoms with Crippen LogP contribution in [0.25, 0.3) is 0 Å². The van der Waals surface area contributed by atoms with Crippen LogP contribution in [0.3, 0.4) is 0 Å². The van der Waals surface area contributed by atoms with Gasteiger partial charge in [-0.25, -0.2) is 0 Å². The minimum Gasteiger partial charge on any atom is -0.366 e. The van der Waals surface area contributed by atoms with Crippen molar-refractivity contribution in [3.8, 4) is 0 Å². The van der Waals surface area contributed by atoms with Crippen molar-refractivity contribution in [2.75, 3.05) is 20.2 Å². The van der Waals surface area contributed by atoms with E-state index in [0.717, 1.165) is 19.6 Å². The van der Waals surface area contributed by atoms with Crippen molar-refractivity contribution in [1.29, 1.82) is 0 Å². The fraction of sp³-hybridized carbons (Fsp3) is 0.556. The molecule has 1 atom stereocenters. The Bertz CT molecular complexity index is 259. The van der Waals surface area contributed by atoms with E-state index in [9.17, 15) is 0 Å². The topological polar surface area (TPSA) is 25.8 Å². The Morgan fingerprint density at radius 3 is 3.50 bits per heavy atom. The average molecular weight is 184 g/mol. The summed E-state index contributed by atoms with van der Waals surface area (Å²) in [6, 6.07) is 2.23. The van der Waals surface area contributed by atoms with Crippen LogP contribution in [0.5, 0.6) is 0 Å². The number of quaternary nitrogens is 1. The molecule has 66 valence electrons. The first-order valence-electron chi connectivity index (χ1n) is 4.37. The highest BCUT2D eigenvalue weighted by Crippen LogP contribution is 2.30. The molecule has 0 aromatic carbocycles. The number of fused-ring (bicyclic) bond motifs is 1. The summed E-state index contributed by atoms with van der Waals surface area (Å²) in [6.45, 7) is 1.94. The molecule has 0 fully saturated rings. The van der Waals surface area contributed by atoms with E-state index in [1.54, 1.807) is 0 Å². The summed E-state index contributed by atoms with van der Waals surface area (Å²) in [5.74, 6) is 0. The van der Waals surface area contributed by atoms with Crippen LogP contribution < -0.4 is 5.32 Å². The fourth-order valence-corrected chi connectivity index (χ4v) is 2.63. The molecule has 3 heteroatoms. The minimum atomic E-state index is 0.346. The van der Waals surface area contributed by atoms with Gasteiger partial charge in [0, 0.05) is 4.88 Å². The first kappa shape index (κ1) is 8.23. The summed E-state index contributed by atoms with van der Waals surface area (Å²) in [5, 5.41) is 4.35. The van der Waals surface area contributed by atoms with Crippen LogP contribution in [-0.4, -0.2) is 20.2 Å². The SMILES string of the molecule is C[NH2+]C[C@H]1OCCc2ccsc21. The molecule has 0 unspecified atom stereocenters. The van der Waals surface area contributed by atoms with Gasteiger partial charge in [-0.15, -0.1) is 11.3 Å². The Morgan fingerprint density at radius 2 is 2.67 bits per heavy atom. The minimum absolute atomic E-state index is 0.346. The zero-order chi connectivity index (χ0) is 8.39. The number of hydrogen-bond donors (Lipinski definition) is 1. The quantitative estimate of drug-likeness (QED) is 0.714. The van der Waals surface area contributed by atoms with Gasteiger partial charge in [0.25, 0.3) is 0 Å². The van der Waals surface area contributed by atoms with E-state index in [1.807, 2.05) is 11.3 Å². The Morgan fingerprint density at radius 1 is 1.75 bits per heavy atom. The molecule has 2 rings (SSSR count). The first-order valence-corrected chi connectivity index (χ1v) is 5.25. The monoisotopic (exact) mass is 184 g/mol. The van der Waals surface area contributed by atoms with E-state index in [1.165, 1.54) is 10.4 Å². The van der Waals surface area contributed by atoms with Crippen LogP contribution >= 0.6 is 11.3 Å². The summed E-state index contributed by atoms with van der Waals surface area (Å²) in [6.07, 6.45) is 1.44. The van der Waals surface area contributed by atoms with E-state index in [2.05, 4.69) is 23.8 Å². The third kappa shape index (κ3) is 1.40. The fourth-order valence-electron chi connectivity index (χ4n) is 1.61. The lowest BCUT2D eigenvalue weighted by Gasteiger charge is -2.20. The molecule has 2 heterocycles. The molecule has 0 radical (unpaired) electrons. The van der Waals surface area contributed by atoms with E-state index in [-0.39, 0.29) is 0 Å². The van der Waals surface area contributed by atoms with Crippen molar-refractivity contribution in [3.63, 3.8) is 0 Å². The molecule has 0 aliphatic carbocycles. The molecule has 12 heavy (non-hydrogen) atoms. The lowest BCUT2D eigenvalue weighted by Crippen LogP contribution is -2.81. The second kappa shape index (κ2) is 3.56. The zero-order valence-electron chi connectivity index (χ0n) is 7.25. The molecule has 1 aromatic rings. The highest BCUT2D eigenvalue weighted by atomic mass is 32.1. The predicted octanol–water partition coefficient (Wildman–Crippen LogP) is 0.555. The highest BCUT2D eigenvalue weighted by Gasteiger charge is 2.22. The maximum absolute atomic E-state index is 5.68. The van der Waals surface area contributed by atoms with Crippen LogP contribution in [0.15, 0.2) is 11.4 Å². The van der Waals surface area contributed by atoms with Crippen LogP contribution in [-0.2, 0) is 11.2 Å². The summed E-state index contributed by atoms with van der Waals surface area (Å²) < 4.78 is 5.68. The zero-order valence-corrected chi connectivity index (χ0v) is 8.06. The molecule has 1 aromatic heterocycles. The molecule has 0 saturated heterocycles. The maximum atomic E-state index is 5.68. The van der Waals surface area contributed by atoms with Gasteiger partial charge in [0.2, 0.25) is 0 Å². The predicted molar refractivity (Wildman–Crippen MR) is 49.4 cm³/mol. The van der Waals surface area contributed by atoms with Crippen LogP contribution in [0, 0.1) is 0 Å². The van der Waals surface area contributed by atoms with Crippen molar-refractivity contribution in [3.05, 3.63) is 21.9 Å². The summed E-state index contributed by atoms with van der Waals surface area (Å²) in [7, 11) is 2.09. The van der Waals surface area contributed by atoms with E-state index < -0.39 is 0 Å². The Balaban J connectivity index is 2.19. The first-order chi connectivity index (χ1) is 5.92. The molecule has 1 aliphatic heterocycles. The Kier molecular flexibility index (Phi) is 2.44. The third-order valence-electron chi connectivity index (χ3n) is 2.21. The van der Waals surface area contributed by atoms with E-state index >= 15 is 0 Å². The lowest BCUT2D eigenvalue weighted by molar-refractivity contribution is -0.635. The number of thiophene rings is 1. The van der Waals surface area contributed by atoms with Crippen molar-refractivity contribution in [2.24, 2.45) is 0 Å². The van der Waals surface area contributed by atoms with Gasteiger partial charge in [0.1, 0.15) is 12.6 Å². The summed E-state index contributed by atoms with van der Waals surface area (Å²) >= 11 is 1.83. The van der Waals surface area contributed by atoms with Crippen LogP contribution in [0.1, 0.15) is 16.5 Å². The maximum Gasteiger partial charge on any atom is 0.141 e. The molecule has 0 amide bonds. The molecular formula is C9H14NOS+. The molecular weight excluding hydrogens is 170 g/mol. The van der Waals surface area contributed by atoms with Gasteiger partial charge in [-0.1, -0.05) is 0 Å². The lowest BCUT2D eigenvalue weighted by atomic mass is 10.1. The number of rotatable bonds is 2. The molecule has 2 nitrogen and oxygen atoms in total. The number of likely N-dealkylation sites (N-methyl/N-ethyl adjacent to an activating group) is 1. The number of hydrogen-bond acceptors (Lipinski definition) is 2. The van der Waals surface area contributed by atoms with Gasteiger partial charge in [-0.2, -0.15) is 0 Å². The van der Waals surface area contributed by atoms with Crippen molar-refractivity contribution < 1.29 is 10.1 Å². The third-order valence-corrected chi connectivity index (χ3v) is 3.26. The summed E-state index contributed by atoms with van der Waals surface area (Å²) in [5.41, 5.74) is 1.50. The molecule has 0 spiro atoms. The number of ether oxygens (including phenoxy) is 1. The largest absolute Gasteiger partial charge is 0.366 e. The smallest absolute Gasteiger partial charge is 0.141 e. The summed E-state index contributed by atoms with van der Waals surface area (Å²) in [4.78, 5) is 1.44. The normalized spacial score (nSPS) is 22.2. The van der Waals surface area contributed by atoms with Crippen LogP contribution in [0.2, 0.25) is 0 Å². The Labute approximate surface area is 76.6 Å². The van der Waals surface area contributed by atoms with Gasteiger partial charge in [-0.3, -0.25) is 0 Å². The van der Waals surface area contributed by atoms with Crippen molar-refractivity contribution >= 4 is 11.3 Å². The van der Waals surface area contributed by atoms with Gasteiger partial charge in [0.15, 0.2) is 0 Å². The molecule has 2 N–H and O–H groups in total. The van der Waals surface area contributed by atoms with Gasteiger partial charge >= 0.3 is 0 Å². The highest BCUT2D eigenvalue weighted by molar-refractivity contribution is 7.10. The van der Waals surface area contributed by atoms with E-state index in [0.29, 0.717) is 6.10 Å². The Hall–Kier alpha value is -0.380. The van der Waals surface area contributed by atoms with Crippen LogP contribution in [0.4, 0.5) is 0 Å². The average Bonchev–Trinajstić information content (AvgIpc) is 2.53. The van der Waals surface area contributed by atoms with Gasteiger partial charge in [-0.05, 0) is 23.4 Å². The molecule has 0 bridgehead atoms. The van der Waals surface area contributed by atoms with Crippen molar-refractivity contribution in [2.45, 2.75) is 12.5 Å². The van der Waals surface area contributed by atoms with Crippen molar-refractivity contribution in [1.82, 2.24) is 0 Å². The van der Waals surface area contributed by atoms with Gasteiger partial charge < -0.3 is 10.1 Å². The standard InChI is InChI=1S/C9H13NOS/c1-10-6-8-9-7(2-4-11-8)3-5-12-9/h3,5,8,10H,2,4,6H2,1H3/p+1/t8-/m1/s1. The van der Waals surface area contributed by atoms with E-state index in [4.69, 9.17) is 4.74 Å². The number of nitrogens with two attached hydrogens (primary N) is 1.